The maximum Gasteiger partial charge on any atom is 0.322 e. The molecular weight excluding hydrogens is 493 g/mol. The van der Waals surface area contributed by atoms with Crippen LogP contribution in [0.1, 0.15) is 37.6 Å². The van der Waals surface area contributed by atoms with Gasteiger partial charge in [-0.05, 0) is 46.9 Å². The fourth-order valence-corrected chi connectivity index (χ4v) is 4.76. The highest BCUT2D eigenvalue weighted by Crippen LogP contribution is 2.25. The van der Waals surface area contributed by atoms with Crippen LogP contribution in [-0.2, 0) is 33.3 Å². The maximum atomic E-state index is 13.8. The van der Waals surface area contributed by atoms with Crippen LogP contribution in [0.4, 0.5) is 10.2 Å². The first kappa shape index (κ1) is 28.2. The first-order chi connectivity index (χ1) is 15.9. The SMILES string of the molecule is CC(C)(C)c1ccc(CN(Cc2cccc(NCC(=O)O)n2)S(=O)(=O)c2cccc(F)c2)cc1.Cl. The van der Waals surface area contributed by atoms with Gasteiger partial charge in [-0.3, -0.25) is 4.79 Å². The van der Waals surface area contributed by atoms with Crippen LogP contribution in [0.5, 0.6) is 0 Å². The van der Waals surface area contributed by atoms with E-state index in [9.17, 15) is 17.6 Å². The fourth-order valence-electron chi connectivity index (χ4n) is 3.33. The average molecular weight is 522 g/mol. The van der Waals surface area contributed by atoms with Gasteiger partial charge >= 0.3 is 5.97 Å². The lowest BCUT2D eigenvalue weighted by molar-refractivity contribution is -0.134. The Morgan fingerprint density at radius 3 is 2.29 bits per heavy atom. The quantitative estimate of drug-likeness (QED) is 0.418. The Morgan fingerprint density at radius 2 is 1.69 bits per heavy atom. The molecule has 0 saturated heterocycles. The van der Waals surface area contributed by atoms with Crippen molar-refractivity contribution in [2.45, 2.75) is 44.2 Å². The standard InChI is InChI=1S/C25H28FN3O4S.ClH/c1-25(2,3)19-12-10-18(11-13-19)16-29(34(32,33)22-8-4-6-20(26)14-22)17-21-7-5-9-23(28-21)27-15-24(30)31;/h4-14H,15-17H2,1-3H3,(H,27,28)(H,30,31);1H. The highest BCUT2D eigenvalue weighted by Gasteiger charge is 2.26. The minimum Gasteiger partial charge on any atom is -0.480 e. The fraction of sp³-hybridized carbons (Fsp3) is 0.280. The van der Waals surface area contributed by atoms with Crippen molar-refractivity contribution in [3.8, 4) is 0 Å². The number of sulfonamides is 1. The Hall–Kier alpha value is -3.01. The number of aliphatic carboxylic acids is 1. The summed E-state index contributed by atoms with van der Waals surface area (Å²) in [5.41, 5.74) is 2.27. The number of nitrogens with one attached hydrogen (secondary N) is 1. The summed E-state index contributed by atoms with van der Waals surface area (Å²) < 4.78 is 42.0. The molecule has 0 saturated carbocycles. The predicted molar refractivity (Wildman–Crippen MR) is 136 cm³/mol. The molecule has 0 aliphatic carbocycles. The third kappa shape index (κ3) is 7.74. The van der Waals surface area contributed by atoms with E-state index in [2.05, 4.69) is 31.1 Å². The van der Waals surface area contributed by atoms with Crippen molar-refractivity contribution in [1.82, 2.24) is 9.29 Å². The molecule has 1 aromatic heterocycles. The minimum absolute atomic E-state index is 0. The van der Waals surface area contributed by atoms with Gasteiger partial charge in [0.05, 0.1) is 17.1 Å². The Kier molecular flexibility index (Phi) is 9.37. The molecule has 0 radical (unpaired) electrons. The number of rotatable bonds is 9. The van der Waals surface area contributed by atoms with Crippen molar-refractivity contribution in [2.24, 2.45) is 0 Å². The van der Waals surface area contributed by atoms with Crippen LogP contribution in [0.25, 0.3) is 0 Å². The number of hydrogen-bond acceptors (Lipinski definition) is 5. The predicted octanol–water partition coefficient (Wildman–Crippen LogP) is 4.83. The highest BCUT2D eigenvalue weighted by atomic mass is 35.5. The van der Waals surface area contributed by atoms with E-state index in [4.69, 9.17) is 5.11 Å². The van der Waals surface area contributed by atoms with Gasteiger partial charge in [-0.1, -0.05) is 57.2 Å². The second-order valence-corrected chi connectivity index (χ2v) is 10.9. The van der Waals surface area contributed by atoms with Gasteiger partial charge in [-0.2, -0.15) is 4.31 Å². The average Bonchev–Trinajstić information content (AvgIpc) is 2.77. The van der Waals surface area contributed by atoms with Crippen molar-refractivity contribution in [2.75, 3.05) is 11.9 Å². The molecule has 0 aliphatic rings. The first-order valence-corrected chi connectivity index (χ1v) is 12.2. The van der Waals surface area contributed by atoms with Crippen LogP contribution in [0, 0.1) is 5.82 Å². The van der Waals surface area contributed by atoms with Crippen LogP contribution in [0.2, 0.25) is 0 Å². The number of pyridine rings is 1. The molecule has 0 amide bonds. The van der Waals surface area contributed by atoms with E-state index in [-0.39, 0.29) is 42.4 Å². The largest absolute Gasteiger partial charge is 0.480 e. The van der Waals surface area contributed by atoms with Gasteiger partial charge in [0, 0.05) is 6.54 Å². The summed E-state index contributed by atoms with van der Waals surface area (Å²) in [7, 11) is -4.06. The molecule has 0 atom stereocenters. The molecule has 0 aliphatic heterocycles. The van der Waals surface area contributed by atoms with Gasteiger partial charge in [0.2, 0.25) is 10.0 Å². The van der Waals surface area contributed by atoms with E-state index in [1.165, 1.54) is 22.5 Å². The number of anilines is 1. The Bertz CT molecular complexity index is 1260. The zero-order chi connectivity index (χ0) is 24.9. The molecule has 10 heteroatoms. The second kappa shape index (κ2) is 11.6. The van der Waals surface area contributed by atoms with E-state index in [0.29, 0.717) is 11.5 Å². The molecule has 0 spiro atoms. The Morgan fingerprint density at radius 1 is 1.03 bits per heavy atom. The summed E-state index contributed by atoms with van der Waals surface area (Å²) in [6.07, 6.45) is 0. The van der Waals surface area contributed by atoms with Crippen LogP contribution in [0.3, 0.4) is 0 Å². The molecule has 7 nitrogen and oxygen atoms in total. The topological polar surface area (TPSA) is 99.6 Å². The van der Waals surface area contributed by atoms with E-state index in [1.54, 1.807) is 18.2 Å². The minimum atomic E-state index is -4.06. The van der Waals surface area contributed by atoms with Crippen molar-refractivity contribution in [1.29, 1.82) is 0 Å². The molecule has 0 fully saturated rings. The van der Waals surface area contributed by atoms with Gasteiger partial charge in [0.25, 0.3) is 0 Å². The second-order valence-electron chi connectivity index (χ2n) is 8.94. The molecule has 3 rings (SSSR count). The molecule has 3 aromatic rings. The number of benzene rings is 2. The van der Waals surface area contributed by atoms with Crippen molar-refractivity contribution in [3.05, 3.63) is 89.4 Å². The molecular formula is C25H29ClFN3O4S. The molecule has 1 heterocycles. The highest BCUT2D eigenvalue weighted by molar-refractivity contribution is 7.89. The van der Waals surface area contributed by atoms with E-state index in [1.807, 2.05) is 24.3 Å². The number of aromatic nitrogens is 1. The molecule has 35 heavy (non-hydrogen) atoms. The van der Waals surface area contributed by atoms with Gasteiger partial charge in [-0.25, -0.2) is 17.8 Å². The zero-order valence-electron chi connectivity index (χ0n) is 19.7. The van der Waals surface area contributed by atoms with Crippen molar-refractivity contribution >= 4 is 34.2 Å². The number of carboxylic acids is 1. The van der Waals surface area contributed by atoms with Gasteiger partial charge in [0.1, 0.15) is 18.2 Å². The summed E-state index contributed by atoms with van der Waals surface area (Å²) in [5, 5.41) is 11.5. The summed E-state index contributed by atoms with van der Waals surface area (Å²) in [6, 6.07) is 17.5. The molecule has 0 bridgehead atoms. The Labute approximate surface area is 211 Å². The smallest absolute Gasteiger partial charge is 0.322 e. The lowest BCUT2D eigenvalue weighted by atomic mass is 9.87. The number of nitrogens with zero attached hydrogens (tertiary/aromatic N) is 2. The normalized spacial score (nSPS) is 11.7. The number of halogens is 2. The van der Waals surface area contributed by atoms with E-state index in [0.717, 1.165) is 17.2 Å². The lowest BCUT2D eigenvalue weighted by Gasteiger charge is -2.23. The molecule has 2 N–H and O–H groups in total. The van der Waals surface area contributed by atoms with Crippen LogP contribution in [-0.4, -0.2) is 35.3 Å². The number of carboxylic acid groups (broad SMARTS) is 1. The third-order valence-corrected chi connectivity index (χ3v) is 6.97. The van der Waals surface area contributed by atoms with Gasteiger partial charge in [0.15, 0.2) is 0 Å². The Balaban J connectivity index is 0.00000432. The van der Waals surface area contributed by atoms with Crippen LogP contribution >= 0.6 is 12.4 Å². The number of hydrogen-bond donors (Lipinski definition) is 2. The van der Waals surface area contributed by atoms with Crippen LogP contribution in [0.15, 0.2) is 71.6 Å². The summed E-state index contributed by atoms with van der Waals surface area (Å²) in [6.45, 7) is 5.95. The van der Waals surface area contributed by atoms with Crippen molar-refractivity contribution < 1.29 is 22.7 Å². The van der Waals surface area contributed by atoms with E-state index >= 15 is 0 Å². The number of carbonyl (C=O) groups is 1. The maximum absolute atomic E-state index is 13.8. The first-order valence-electron chi connectivity index (χ1n) is 10.7. The molecule has 0 unspecified atom stereocenters. The summed E-state index contributed by atoms with van der Waals surface area (Å²) >= 11 is 0. The summed E-state index contributed by atoms with van der Waals surface area (Å²) in [4.78, 5) is 15.0. The molecule has 2 aromatic carbocycles. The summed E-state index contributed by atoms with van der Waals surface area (Å²) in [5.74, 6) is -1.37. The lowest BCUT2D eigenvalue weighted by Crippen LogP contribution is -2.31. The third-order valence-electron chi connectivity index (χ3n) is 5.18. The van der Waals surface area contributed by atoms with Gasteiger partial charge in [-0.15, -0.1) is 12.4 Å². The van der Waals surface area contributed by atoms with E-state index < -0.39 is 21.8 Å². The van der Waals surface area contributed by atoms with Gasteiger partial charge < -0.3 is 10.4 Å². The van der Waals surface area contributed by atoms with Crippen molar-refractivity contribution in [3.63, 3.8) is 0 Å². The monoisotopic (exact) mass is 521 g/mol. The van der Waals surface area contributed by atoms with Crippen LogP contribution < -0.4 is 5.32 Å². The molecule has 188 valence electrons. The zero-order valence-corrected chi connectivity index (χ0v) is 21.4.